The van der Waals surface area contributed by atoms with Crippen LogP contribution in [-0.2, 0) is 11.0 Å². The summed E-state index contributed by atoms with van der Waals surface area (Å²) in [6.07, 6.45) is -3.75. The predicted molar refractivity (Wildman–Crippen MR) is 76.8 cm³/mol. The fourth-order valence-corrected chi connectivity index (χ4v) is 2.96. The molecule has 0 radical (unpaired) electrons. The molecule has 0 bridgehead atoms. The molecule has 1 unspecified atom stereocenters. The van der Waals surface area contributed by atoms with Crippen molar-refractivity contribution < 1.29 is 18.0 Å². The SMILES string of the molecule is CC(C)CC1=NOC(c2c(Cl)cc(C(F)(F)F)cc2Cl)C1. The number of nitrogens with zero attached hydrogens (tertiary/aromatic N) is 1. The van der Waals surface area contributed by atoms with E-state index >= 15 is 0 Å². The summed E-state index contributed by atoms with van der Waals surface area (Å²) in [7, 11) is 0. The number of hydrogen-bond donors (Lipinski definition) is 0. The van der Waals surface area contributed by atoms with Crippen LogP contribution in [0, 0.1) is 5.92 Å². The minimum Gasteiger partial charge on any atom is -0.387 e. The van der Waals surface area contributed by atoms with E-state index < -0.39 is 17.8 Å². The highest BCUT2D eigenvalue weighted by Gasteiger charge is 2.34. The van der Waals surface area contributed by atoms with Crippen LogP contribution in [0.5, 0.6) is 0 Å². The molecule has 0 amide bonds. The van der Waals surface area contributed by atoms with E-state index in [0.717, 1.165) is 24.3 Å². The van der Waals surface area contributed by atoms with Gasteiger partial charge in [-0.15, -0.1) is 0 Å². The van der Waals surface area contributed by atoms with Crippen LogP contribution in [0.25, 0.3) is 0 Å². The lowest BCUT2D eigenvalue weighted by atomic mass is 9.98. The summed E-state index contributed by atoms with van der Waals surface area (Å²) in [5, 5.41) is 3.85. The molecule has 0 saturated heterocycles. The van der Waals surface area contributed by atoms with Crippen LogP contribution in [0.4, 0.5) is 13.2 Å². The number of benzene rings is 1. The van der Waals surface area contributed by atoms with Gasteiger partial charge in [-0.05, 0) is 24.5 Å². The van der Waals surface area contributed by atoms with E-state index in [0.29, 0.717) is 17.9 Å². The summed E-state index contributed by atoms with van der Waals surface area (Å²) in [6.45, 7) is 4.10. The van der Waals surface area contributed by atoms with Crippen LogP contribution in [0.2, 0.25) is 10.0 Å². The van der Waals surface area contributed by atoms with Crippen LogP contribution in [0.3, 0.4) is 0 Å². The number of alkyl halides is 3. The van der Waals surface area contributed by atoms with E-state index in [1.165, 1.54) is 0 Å². The second kappa shape index (κ2) is 6.05. The van der Waals surface area contributed by atoms with Crippen LogP contribution < -0.4 is 0 Å². The van der Waals surface area contributed by atoms with Crippen molar-refractivity contribution in [3.05, 3.63) is 33.3 Å². The molecule has 1 aromatic carbocycles. The minimum atomic E-state index is -4.48. The van der Waals surface area contributed by atoms with Gasteiger partial charge in [-0.1, -0.05) is 42.2 Å². The second-order valence-electron chi connectivity index (χ2n) is 5.40. The Morgan fingerprint density at radius 2 is 1.86 bits per heavy atom. The fourth-order valence-electron chi connectivity index (χ4n) is 2.23. The van der Waals surface area contributed by atoms with Crippen LogP contribution in [0.15, 0.2) is 17.3 Å². The standard InChI is InChI=1S/C14H14Cl2F3NO/c1-7(2)3-9-6-12(21-20-9)13-10(15)4-8(5-11(13)16)14(17,18)19/h4-5,7,12H,3,6H2,1-2H3. The maximum absolute atomic E-state index is 12.7. The Labute approximate surface area is 130 Å². The summed E-state index contributed by atoms with van der Waals surface area (Å²) in [5.41, 5.74) is 0.346. The summed E-state index contributed by atoms with van der Waals surface area (Å²) in [5.74, 6) is 0.421. The van der Waals surface area contributed by atoms with Gasteiger partial charge < -0.3 is 4.84 Å². The zero-order valence-electron chi connectivity index (χ0n) is 11.5. The van der Waals surface area contributed by atoms with Crippen molar-refractivity contribution in [3.8, 4) is 0 Å². The molecule has 0 aliphatic carbocycles. The first-order chi connectivity index (χ1) is 9.68. The molecule has 0 N–H and O–H groups in total. The van der Waals surface area contributed by atoms with Crippen molar-refractivity contribution in [2.75, 3.05) is 0 Å². The van der Waals surface area contributed by atoms with Crippen molar-refractivity contribution in [2.45, 2.75) is 39.0 Å². The Balaban J connectivity index is 2.23. The Bertz CT molecular complexity index is 547. The Kier molecular flexibility index (Phi) is 4.73. The number of hydrogen-bond acceptors (Lipinski definition) is 2. The molecule has 1 aliphatic heterocycles. The average Bonchev–Trinajstić information content (AvgIpc) is 2.74. The molecule has 0 saturated carbocycles. The first kappa shape index (κ1) is 16.4. The van der Waals surface area contributed by atoms with Crippen LogP contribution in [0.1, 0.15) is 43.9 Å². The highest BCUT2D eigenvalue weighted by Crippen LogP contribution is 2.41. The van der Waals surface area contributed by atoms with Gasteiger partial charge in [0.25, 0.3) is 0 Å². The third kappa shape index (κ3) is 3.83. The number of halogens is 5. The molecule has 2 nitrogen and oxygen atoms in total. The third-order valence-corrected chi connectivity index (χ3v) is 3.73. The molecule has 0 aromatic heterocycles. The normalized spacial score (nSPS) is 18.9. The van der Waals surface area contributed by atoms with Gasteiger partial charge in [0.15, 0.2) is 6.10 Å². The predicted octanol–water partition coefficient (Wildman–Crippen LogP) is 5.88. The monoisotopic (exact) mass is 339 g/mol. The fraction of sp³-hybridized carbons (Fsp3) is 0.500. The van der Waals surface area contributed by atoms with E-state index in [1.54, 1.807) is 0 Å². The lowest BCUT2D eigenvalue weighted by molar-refractivity contribution is -0.137. The van der Waals surface area contributed by atoms with E-state index in [4.69, 9.17) is 28.0 Å². The van der Waals surface area contributed by atoms with Crippen molar-refractivity contribution in [1.29, 1.82) is 0 Å². The Hall–Kier alpha value is -0.940. The van der Waals surface area contributed by atoms with E-state index in [9.17, 15) is 13.2 Å². The van der Waals surface area contributed by atoms with Gasteiger partial charge in [-0.3, -0.25) is 0 Å². The highest BCUT2D eigenvalue weighted by molar-refractivity contribution is 6.36. The van der Waals surface area contributed by atoms with Gasteiger partial charge >= 0.3 is 6.18 Å². The van der Waals surface area contributed by atoms with Crippen molar-refractivity contribution in [1.82, 2.24) is 0 Å². The van der Waals surface area contributed by atoms with Crippen molar-refractivity contribution >= 4 is 28.9 Å². The summed E-state index contributed by atoms with van der Waals surface area (Å²) in [4.78, 5) is 5.28. The molecular formula is C14H14Cl2F3NO. The summed E-state index contributed by atoms with van der Waals surface area (Å²) >= 11 is 11.9. The third-order valence-electron chi connectivity index (χ3n) is 3.10. The Morgan fingerprint density at radius 1 is 1.29 bits per heavy atom. The van der Waals surface area contributed by atoms with E-state index in [-0.39, 0.29) is 10.0 Å². The molecule has 1 heterocycles. The maximum Gasteiger partial charge on any atom is 0.416 e. The van der Waals surface area contributed by atoms with E-state index in [1.807, 2.05) is 13.8 Å². The first-order valence-electron chi connectivity index (χ1n) is 6.46. The van der Waals surface area contributed by atoms with Gasteiger partial charge in [-0.2, -0.15) is 13.2 Å². The molecule has 7 heteroatoms. The number of oxime groups is 1. The topological polar surface area (TPSA) is 21.6 Å². The van der Waals surface area contributed by atoms with Crippen molar-refractivity contribution in [3.63, 3.8) is 0 Å². The van der Waals surface area contributed by atoms with Gasteiger partial charge in [0.05, 0.1) is 11.3 Å². The van der Waals surface area contributed by atoms with Gasteiger partial charge in [0, 0.05) is 22.0 Å². The van der Waals surface area contributed by atoms with Crippen LogP contribution >= 0.6 is 23.2 Å². The molecule has 1 aliphatic rings. The number of rotatable bonds is 3. The largest absolute Gasteiger partial charge is 0.416 e. The highest BCUT2D eigenvalue weighted by atomic mass is 35.5. The zero-order chi connectivity index (χ0) is 15.8. The molecule has 2 rings (SSSR count). The Morgan fingerprint density at radius 3 is 2.33 bits per heavy atom. The van der Waals surface area contributed by atoms with Crippen molar-refractivity contribution in [2.24, 2.45) is 11.1 Å². The average molecular weight is 340 g/mol. The van der Waals surface area contributed by atoms with Gasteiger partial charge in [0.1, 0.15) is 0 Å². The molecule has 116 valence electrons. The van der Waals surface area contributed by atoms with Gasteiger partial charge in [-0.25, -0.2) is 0 Å². The second-order valence-corrected chi connectivity index (χ2v) is 6.22. The molecule has 21 heavy (non-hydrogen) atoms. The molecule has 0 fully saturated rings. The first-order valence-corrected chi connectivity index (χ1v) is 7.21. The molecular weight excluding hydrogens is 326 g/mol. The molecule has 1 aromatic rings. The smallest absolute Gasteiger partial charge is 0.387 e. The lowest BCUT2D eigenvalue weighted by Gasteiger charge is -2.15. The lowest BCUT2D eigenvalue weighted by Crippen LogP contribution is -2.08. The summed E-state index contributed by atoms with van der Waals surface area (Å²) < 4.78 is 38.1. The molecule has 0 spiro atoms. The van der Waals surface area contributed by atoms with Gasteiger partial charge in [0.2, 0.25) is 0 Å². The minimum absolute atomic E-state index is 0.0548. The maximum atomic E-state index is 12.7. The van der Waals surface area contributed by atoms with E-state index in [2.05, 4.69) is 5.16 Å². The summed E-state index contributed by atoms with van der Waals surface area (Å²) in [6, 6.07) is 1.74. The zero-order valence-corrected chi connectivity index (χ0v) is 13.0. The van der Waals surface area contributed by atoms with Crippen LogP contribution in [-0.4, -0.2) is 5.71 Å². The quantitative estimate of drug-likeness (QED) is 0.674. The molecule has 1 atom stereocenters.